The molecule has 0 N–H and O–H groups in total. The lowest BCUT2D eigenvalue weighted by Crippen LogP contribution is -2.01. The van der Waals surface area contributed by atoms with Crippen LogP contribution < -0.4 is 0 Å². The molecule has 0 saturated heterocycles. The molecule has 27 heavy (non-hydrogen) atoms. The van der Waals surface area contributed by atoms with Crippen molar-refractivity contribution in [3.8, 4) is 11.4 Å². The summed E-state index contributed by atoms with van der Waals surface area (Å²) in [5.74, 6) is 1.89. The molecule has 0 radical (unpaired) electrons. The van der Waals surface area contributed by atoms with Crippen molar-refractivity contribution in [2.75, 3.05) is 0 Å². The standard InChI is InChI=1S/C22H23N3S2/c1-4-18-15(3)26-14-20(18)21-23-24-22(25(21)5-2)27-13-17-11-8-10-16-9-6-7-12-19(16)17/h6-12,14H,4-5,13H2,1-3H3. The zero-order valence-corrected chi connectivity index (χ0v) is 17.5. The Labute approximate surface area is 168 Å². The highest BCUT2D eigenvalue weighted by Gasteiger charge is 2.18. The molecule has 0 fully saturated rings. The van der Waals surface area contributed by atoms with Gasteiger partial charge in [0.25, 0.3) is 0 Å². The minimum absolute atomic E-state index is 0.873. The first-order chi connectivity index (χ1) is 13.2. The van der Waals surface area contributed by atoms with Crippen molar-refractivity contribution in [1.29, 1.82) is 0 Å². The Balaban J connectivity index is 1.64. The van der Waals surface area contributed by atoms with E-state index in [4.69, 9.17) is 0 Å². The highest BCUT2D eigenvalue weighted by Crippen LogP contribution is 2.33. The van der Waals surface area contributed by atoms with Gasteiger partial charge < -0.3 is 4.57 Å². The van der Waals surface area contributed by atoms with E-state index in [0.717, 1.165) is 29.7 Å². The van der Waals surface area contributed by atoms with E-state index in [1.54, 1.807) is 23.1 Å². The van der Waals surface area contributed by atoms with E-state index in [1.807, 2.05) is 0 Å². The van der Waals surface area contributed by atoms with E-state index in [9.17, 15) is 0 Å². The van der Waals surface area contributed by atoms with E-state index in [0.29, 0.717) is 0 Å². The second kappa shape index (κ2) is 7.87. The van der Waals surface area contributed by atoms with Crippen molar-refractivity contribution in [3.63, 3.8) is 0 Å². The summed E-state index contributed by atoms with van der Waals surface area (Å²) in [5.41, 5.74) is 3.98. The van der Waals surface area contributed by atoms with Crippen LogP contribution in [0.5, 0.6) is 0 Å². The average molecular weight is 394 g/mol. The van der Waals surface area contributed by atoms with Crippen molar-refractivity contribution in [1.82, 2.24) is 14.8 Å². The molecule has 0 spiro atoms. The van der Waals surface area contributed by atoms with E-state index in [-0.39, 0.29) is 0 Å². The summed E-state index contributed by atoms with van der Waals surface area (Å²) in [6.07, 6.45) is 1.03. The molecule has 2 aromatic heterocycles. The maximum Gasteiger partial charge on any atom is 0.191 e. The molecule has 0 aliphatic carbocycles. The Bertz CT molecular complexity index is 1070. The van der Waals surface area contributed by atoms with Crippen LogP contribution in [0.3, 0.4) is 0 Å². The quantitative estimate of drug-likeness (QED) is 0.358. The monoisotopic (exact) mass is 393 g/mol. The summed E-state index contributed by atoms with van der Waals surface area (Å²) in [6.45, 7) is 7.44. The molecule has 0 aliphatic rings. The Hall–Kier alpha value is -2.11. The molecule has 0 saturated carbocycles. The van der Waals surface area contributed by atoms with Crippen LogP contribution in [0.25, 0.3) is 22.2 Å². The number of thioether (sulfide) groups is 1. The van der Waals surface area contributed by atoms with Gasteiger partial charge in [0, 0.05) is 28.1 Å². The van der Waals surface area contributed by atoms with Crippen LogP contribution >= 0.6 is 23.1 Å². The fourth-order valence-corrected chi connectivity index (χ4v) is 5.49. The van der Waals surface area contributed by atoms with Gasteiger partial charge in [0.15, 0.2) is 11.0 Å². The van der Waals surface area contributed by atoms with Crippen molar-refractivity contribution in [3.05, 3.63) is 63.8 Å². The third-order valence-electron chi connectivity index (χ3n) is 4.97. The van der Waals surface area contributed by atoms with Gasteiger partial charge in [-0.25, -0.2) is 0 Å². The van der Waals surface area contributed by atoms with E-state index < -0.39 is 0 Å². The summed E-state index contributed by atoms with van der Waals surface area (Å²) in [6, 6.07) is 15.1. The summed E-state index contributed by atoms with van der Waals surface area (Å²) >= 11 is 3.57. The molecule has 0 bridgehead atoms. The summed E-state index contributed by atoms with van der Waals surface area (Å²) in [4.78, 5) is 1.38. The highest BCUT2D eigenvalue weighted by molar-refractivity contribution is 7.98. The van der Waals surface area contributed by atoms with Gasteiger partial charge in [-0.3, -0.25) is 0 Å². The molecule has 0 amide bonds. The Kier molecular flexibility index (Phi) is 5.32. The number of hydrogen-bond acceptors (Lipinski definition) is 4. The zero-order valence-electron chi connectivity index (χ0n) is 15.9. The van der Waals surface area contributed by atoms with Crippen LogP contribution in [0.2, 0.25) is 0 Å². The number of thiophene rings is 1. The third-order valence-corrected chi connectivity index (χ3v) is 6.94. The molecule has 5 heteroatoms. The average Bonchev–Trinajstić information content (AvgIpc) is 3.28. The summed E-state index contributed by atoms with van der Waals surface area (Å²) < 4.78 is 2.25. The lowest BCUT2D eigenvalue weighted by molar-refractivity contribution is 0.687. The second-order valence-electron chi connectivity index (χ2n) is 6.52. The summed E-state index contributed by atoms with van der Waals surface area (Å²) in [5, 5.41) is 14.9. The normalized spacial score (nSPS) is 11.4. The number of nitrogens with zero attached hydrogens (tertiary/aromatic N) is 3. The zero-order chi connectivity index (χ0) is 18.8. The van der Waals surface area contributed by atoms with Crippen LogP contribution in [-0.2, 0) is 18.7 Å². The number of hydrogen-bond donors (Lipinski definition) is 0. The van der Waals surface area contributed by atoms with Gasteiger partial charge in [0.2, 0.25) is 0 Å². The van der Waals surface area contributed by atoms with Gasteiger partial charge in [0.1, 0.15) is 0 Å². The lowest BCUT2D eigenvalue weighted by Gasteiger charge is -2.09. The van der Waals surface area contributed by atoms with Crippen molar-refractivity contribution < 1.29 is 0 Å². The number of benzene rings is 2. The predicted molar refractivity (Wildman–Crippen MR) is 117 cm³/mol. The minimum atomic E-state index is 0.873. The Morgan fingerprint density at radius 1 is 1.04 bits per heavy atom. The molecule has 0 atom stereocenters. The van der Waals surface area contributed by atoms with Gasteiger partial charge in [-0.2, -0.15) is 0 Å². The van der Waals surface area contributed by atoms with Crippen LogP contribution in [0.1, 0.15) is 29.9 Å². The van der Waals surface area contributed by atoms with Crippen molar-refractivity contribution in [2.45, 2.75) is 44.6 Å². The number of aromatic nitrogens is 3. The van der Waals surface area contributed by atoms with Gasteiger partial charge in [-0.1, -0.05) is 61.2 Å². The fourth-order valence-electron chi connectivity index (χ4n) is 3.55. The predicted octanol–water partition coefficient (Wildman–Crippen LogP) is 6.34. The van der Waals surface area contributed by atoms with Gasteiger partial charge in [0.05, 0.1) is 0 Å². The fraction of sp³-hybridized carbons (Fsp3) is 0.273. The van der Waals surface area contributed by atoms with Crippen LogP contribution in [0.4, 0.5) is 0 Å². The maximum absolute atomic E-state index is 4.55. The second-order valence-corrected chi connectivity index (χ2v) is 8.54. The highest BCUT2D eigenvalue weighted by atomic mass is 32.2. The molecular weight excluding hydrogens is 370 g/mol. The molecule has 0 aliphatic heterocycles. The first-order valence-corrected chi connectivity index (χ1v) is 11.2. The number of rotatable bonds is 6. The first-order valence-electron chi connectivity index (χ1n) is 9.32. The van der Waals surface area contributed by atoms with Crippen LogP contribution in [0, 0.1) is 6.92 Å². The maximum atomic E-state index is 4.55. The topological polar surface area (TPSA) is 30.7 Å². The minimum Gasteiger partial charge on any atom is -0.302 e. The van der Waals surface area contributed by atoms with Crippen molar-refractivity contribution in [2.24, 2.45) is 0 Å². The summed E-state index contributed by atoms with van der Waals surface area (Å²) in [7, 11) is 0. The molecule has 3 nitrogen and oxygen atoms in total. The van der Waals surface area contributed by atoms with E-state index in [1.165, 1.54) is 32.3 Å². The van der Waals surface area contributed by atoms with Gasteiger partial charge in [-0.15, -0.1) is 21.5 Å². The van der Waals surface area contributed by atoms with E-state index in [2.05, 4.69) is 83.4 Å². The largest absolute Gasteiger partial charge is 0.302 e. The SMILES string of the molecule is CCc1c(-c2nnc(SCc3cccc4ccccc34)n2CC)csc1C. The van der Waals surface area contributed by atoms with Crippen LogP contribution in [0.15, 0.2) is 53.0 Å². The first kappa shape index (κ1) is 18.3. The smallest absolute Gasteiger partial charge is 0.191 e. The number of fused-ring (bicyclic) bond motifs is 1. The Morgan fingerprint density at radius 2 is 1.85 bits per heavy atom. The molecule has 138 valence electrons. The molecular formula is C22H23N3S2. The molecule has 4 aromatic rings. The lowest BCUT2D eigenvalue weighted by atomic mass is 10.1. The molecule has 2 aromatic carbocycles. The molecule has 2 heterocycles. The molecule has 4 rings (SSSR count). The molecule has 0 unspecified atom stereocenters. The van der Waals surface area contributed by atoms with E-state index >= 15 is 0 Å². The van der Waals surface area contributed by atoms with Crippen LogP contribution in [-0.4, -0.2) is 14.8 Å². The van der Waals surface area contributed by atoms with Gasteiger partial charge in [-0.05, 0) is 42.2 Å². The van der Waals surface area contributed by atoms with Crippen molar-refractivity contribution >= 4 is 33.9 Å². The number of aryl methyl sites for hydroxylation is 1. The Morgan fingerprint density at radius 3 is 2.67 bits per heavy atom. The van der Waals surface area contributed by atoms with Gasteiger partial charge >= 0.3 is 0 Å². The third kappa shape index (κ3) is 3.42.